The summed E-state index contributed by atoms with van der Waals surface area (Å²) in [4.78, 5) is 9.22. The molecule has 5 nitrogen and oxygen atoms in total. The Balaban J connectivity index is 1.32. The van der Waals surface area contributed by atoms with Gasteiger partial charge in [-0.15, -0.1) is 0 Å². The number of hydrogen-bond acceptors (Lipinski definition) is 6. The third kappa shape index (κ3) is 4.86. The van der Waals surface area contributed by atoms with Crippen molar-refractivity contribution in [2.75, 3.05) is 44.7 Å². The fourth-order valence-electron chi connectivity index (χ4n) is 3.40. The quantitative estimate of drug-likeness (QED) is 0.578. The van der Waals surface area contributed by atoms with Crippen molar-refractivity contribution in [1.82, 2.24) is 14.3 Å². The van der Waals surface area contributed by atoms with Crippen LogP contribution in [0.5, 0.6) is 5.75 Å². The summed E-state index contributed by atoms with van der Waals surface area (Å²) in [6.07, 6.45) is 0.996. The average molecular weight is 433 g/mol. The maximum absolute atomic E-state index is 14.1. The highest BCUT2D eigenvalue weighted by molar-refractivity contribution is 7.09. The van der Waals surface area contributed by atoms with E-state index in [9.17, 15) is 4.39 Å². The zero-order chi connectivity index (χ0) is 20.2. The molecule has 0 N–H and O–H groups in total. The fraction of sp³-hybridized carbons (Fsp3) is 0.333. The van der Waals surface area contributed by atoms with Gasteiger partial charge in [0, 0.05) is 49.3 Å². The molecule has 1 aliphatic heterocycles. The van der Waals surface area contributed by atoms with Crippen LogP contribution in [0.4, 0.5) is 9.52 Å². The van der Waals surface area contributed by atoms with Gasteiger partial charge in [0.25, 0.3) is 0 Å². The van der Waals surface area contributed by atoms with Crippen LogP contribution in [0.15, 0.2) is 42.5 Å². The Morgan fingerprint density at radius 2 is 1.97 bits per heavy atom. The number of benzene rings is 2. The van der Waals surface area contributed by atoms with Crippen LogP contribution in [0.1, 0.15) is 5.56 Å². The van der Waals surface area contributed by atoms with Crippen LogP contribution >= 0.6 is 23.1 Å². The Bertz CT molecular complexity index is 975. The highest BCUT2D eigenvalue weighted by Crippen LogP contribution is 2.28. The molecule has 1 saturated heterocycles. The van der Waals surface area contributed by atoms with E-state index in [-0.39, 0.29) is 0 Å². The predicted octanol–water partition coefficient (Wildman–Crippen LogP) is 4.37. The number of methoxy groups -OCH3 is 1. The lowest BCUT2D eigenvalue weighted by molar-refractivity contribution is 0.261. The molecule has 1 aromatic heterocycles. The molecule has 0 spiro atoms. The molecule has 2 heterocycles. The summed E-state index contributed by atoms with van der Waals surface area (Å²) < 4.78 is 23.8. The molecule has 0 saturated carbocycles. The molecule has 4 rings (SSSR count). The van der Waals surface area contributed by atoms with E-state index in [1.54, 1.807) is 19.2 Å². The number of anilines is 1. The van der Waals surface area contributed by atoms with Crippen molar-refractivity contribution in [1.29, 1.82) is 0 Å². The Morgan fingerprint density at radius 1 is 1.14 bits per heavy atom. The van der Waals surface area contributed by atoms with Gasteiger partial charge in [-0.25, -0.2) is 4.39 Å². The summed E-state index contributed by atoms with van der Waals surface area (Å²) >= 11 is 7.14. The lowest BCUT2D eigenvalue weighted by atomic mass is 10.1. The number of ether oxygens (including phenoxy) is 1. The zero-order valence-corrected chi connectivity index (χ0v) is 17.7. The molecular formula is C21H22ClFN4OS. The molecule has 2 aromatic carbocycles. The summed E-state index contributed by atoms with van der Waals surface area (Å²) in [7, 11) is 1.69. The summed E-state index contributed by atoms with van der Waals surface area (Å²) in [6, 6.07) is 12.8. The predicted molar refractivity (Wildman–Crippen MR) is 116 cm³/mol. The maximum atomic E-state index is 14.1. The van der Waals surface area contributed by atoms with Gasteiger partial charge in [-0.1, -0.05) is 23.7 Å². The molecule has 29 heavy (non-hydrogen) atoms. The van der Waals surface area contributed by atoms with Crippen LogP contribution in [0.2, 0.25) is 5.02 Å². The van der Waals surface area contributed by atoms with Crippen LogP contribution in [-0.2, 0) is 6.42 Å². The van der Waals surface area contributed by atoms with Crippen molar-refractivity contribution < 1.29 is 9.13 Å². The lowest BCUT2D eigenvalue weighted by Crippen LogP contribution is -2.47. The van der Waals surface area contributed by atoms with E-state index in [0.717, 1.165) is 50.0 Å². The van der Waals surface area contributed by atoms with E-state index in [1.165, 1.54) is 23.2 Å². The van der Waals surface area contributed by atoms with E-state index >= 15 is 0 Å². The monoisotopic (exact) mass is 432 g/mol. The molecule has 0 amide bonds. The van der Waals surface area contributed by atoms with Crippen LogP contribution in [0, 0.1) is 5.82 Å². The van der Waals surface area contributed by atoms with Gasteiger partial charge in [0.05, 0.1) is 12.7 Å². The zero-order valence-electron chi connectivity index (χ0n) is 16.1. The van der Waals surface area contributed by atoms with Gasteiger partial charge < -0.3 is 9.64 Å². The van der Waals surface area contributed by atoms with Crippen LogP contribution in [0.3, 0.4) is 0 Å². The Hall–Kier alpha value is -2.22. The fourth-order valence-corrected chi connectivity index (χ4v) is 4.29. The molecule has 0 bridgehead atoms. The number of halogens is 2. The molecule has 1 aliphatic rings. The number of nitrogens with zero attached hydrogens (tertiary/aromatic N) is 4. The standard InChI is InChI=1S/C21H22ClFN4OS/c1-28-17-4-2-3-15(13-17)7-8-26-9-11-27(12-10-26)21-24-20(25-29-21)18-6-5-16(22)14-19(18)23/h2-6,13-14H,7-12H2,1H3. The number of aromatic nitrogens is 2. The summed E-state index contributed by atoms with van der Waals surface area (Å²) in [5, 5.41) is 1.20. The van der Waals surface area contributed by atoms with Gasteiger partial charge in [0.15, 0.2) is 5.82 Å². The first-order valence-electron chi connectivity index (χ1n) is 9.52. The third-order valence-corrected chi connectivity index (χ3v) is 6.09. The molecular weight excluding hydrogens is 411 g/mol. The van der Waals surface area contributed by atoms with Gasteiger partial charge in [-0.05, 0) is 42.3 Å². The van der Waals surface area contributed by atoms with Gasteiger partial charge in [0.1, 0.15) is 11.6 Å². The smallest absolute Gasteiger partial charge is 0.205 e. The SMILES string of the molecule is COc1cccc(CCN2CCN(c3nc(-c4ccc(Cl)cc4F)ns3)CC2)c1. The molecule has 0 atom stereocenters. The van der Waals surface area contributed by atoms with Crippen LogP contribution in [-0.4, -0.2) is 54.1 Å². The molecule has 0 aliphatic carbocycles. The second-order valence-electron chi connectivity index (χ2n) is 6.95. The van der Waals surface area contributed by atoms with Crippen molar-refractivity contribution in [2.24, 2.45) is 0 Å². The van der Waals surface area contributed by atoms with E-state index in [0.29, 0.717) is 16.4 Å². The average Bonchev–Trinajstić information content (AvgIpc) is 3.22. The number of rotatable bonds is 6. The Morgan fingerprint density at radius 3 is 2.72 bits per heavy atom. The van der Waals surface area contributed by atoms with Gasteiger partial charge in [0.2, 0.25) is 5.13 Å². The second kappa shape index (κ2) is 9.07. The highest BCUT2D eigenvalue weighted by atomic mass is 35.5. The normalized spacial score (nSPS) is 14.9. The van der Waals surface area contributed by atoms with Crippen molar-refractivity contribution in [3.63, 3.8) is 0 Å². The molecule has 0 radical (unpaired) electrons. The van der Waals surface area contributed by atoms with Crippen molar-refractivity contribution >= 4 is 28.3 Å². The third-order valence-electron chi connectivity index (χ3n) is 5.08. The van der Waals surface area contributed by atoms with Gasteiger partial charge >= 0.3 is 0 Å². The maximum Gasteiger partial charge on any atom is 0.205 e. The molecule has 152 valence electrons. The molecule has 0 unspecified atom stereocenters. The minimum absolute atomic E-state index is 0.367. The molecule has 8 heteroatoms. The van der Waals surface area contributed by atoms with E-state index < -0.39 is 5.82 Å². The van der Waals surface area contributed by atoms with Crippen molar-refractivity contribution in [3.8, 4) is 17.1 Å². The topological polar surface area (TPSA) is 41.5 Å². The first-order valence-corrected chi connectivity index (χ1v) is 10.7. The lowest BCUT2D eigenvalue weighted by Gasteiger charge is -2.34. The van der Waals surface area contributed by atoms with Gasteiger partial charge in [-0.3, -0.25) is 4.90 Å². The summed E-state index contributed by atoms with van der Waals surface area (Å²) in [5.74, 6) is 0.917. The minimum atomic E-state index is -0.399. The van der Waals surface area contributed by atoms with Gasteiger partial charge in [-0.2, -0.15) is 9.36 Å². The minimum Gasteiger partial charge on any atom is -0.497 e. The van der Waals surface area contributed by atoms with E-state index in [2.05, 4.69) is 31.3 Å². The van der Waals surface area contributed by atoms with Crippen molar-refractivity contribution in [2.45, 2.75) is 6.42 Å². The van der Waals surface area contributed by atoms with Crippen LogP contribution < -0.4 is 9.64 Å². The van der Waals surface area contributed by atoms with Crippen LogP contribution in [0.25, 0.3) is 11.4 Å². The Labute approximate surface area is 178 Å². The second-order valence-corrected chi connectivity index (χ2v) is 8.12. The number of piperazine rings is 1. The molecule has 1 fully saturated rings. The Kier molecular flexibility index (Phi) is 6.28. The van der Waals surface area contributed by atoms with E-state index in [1.807, 2.05) is 12.1 Å². The highest BCUT2D eigenvalue weighted by Gasteiger charge is 2.21. The number of hydrogen-bond donors (Lipinski definition) is 0. The molecule has 3 aromatic rings. The first-order chi connectivity index (χ1) is 14.1. The largest absolute Gasteiger partial charge is 0.497 e. The summed E-state index contributed by atoms with van der Waals surface area (Å²) in [5.41, 5.74) is 1.67. The summed E-state index contributed by atoms with van der Waals surface area (Å²) in [6.45, 7) is 4.71. The van der Waals surface area contributed by atoms with Crippen molar-refractivity contribution in [3.05, 3.63) is 58.9 Å². The first kappa shape index (κ1) is 20.1. The van der Waals surface area contributed by atoms with E-state index in [4.69, 9.17) is 16.3 Å².